The summed E-state index contributed by atoms with van der Waals surface area (Å²) in [5.74, 6) is -4.10. The molecule has 7 rings (SSSR count). The molecule has 14 nitrogen and oxygen atoms in total. The summed E-state index contributed by atoms with van der Waals surface area (Å²) in [6, 6.07) is 8.88. The Morgan fingerprint density at radius 1 is 1.04 bits per heavy atom. The zero-order chi connectivity index (χ0) is 34.8. The van der Waals surface area contributed by atoms with Crippen LogP contribution >= 0.6 is 0 Å². The second kappa shape index (κ2) is 10.2. The van der Waals surface area contributed by atoms with E-state index >= 15 is 0 Å². The van der Waals surface area contributed by atoms with Gasteiger partial charge in [0.1, 0.15) is 18.3 Å². The van der Waals surface area contributed by atoms with Crippen molar-refractivity contribution in [3.05, 3.63) is 35.9 Å². The zero-order valence-electron chi connectivity index (χ0n) is 27.3. The molecule has 6 fully saturated rings. The van der Waals surface area contributed by atoms with E-state index in [1.54, 1.807) is 37.3 Å². The Kier molecular flexibility index (Phi) is 7.02. The van der Waals surface area contributed by atoms with Crippen molar-refractivity contribution in [1.82, 2.24) is 0 Å². The van der Waals surface area contributed by atoms with Crippen LogP contribution < -0.4 is 0 Å². The van der Waals surface area contributed by atoms with Crippen LogP contribution in [0.5, 0.6) is 0 Å². The fraction of sp³-hybridized carbons (Fsp3) is 0.647. The summed E-state index contributed by atoms with van der Waals surface area (Å²) in [4.78, 5) is 52.5. The maximum absolute atomic E-state index is 14.4. The van der Waals surface area contributed by atoms with Gasteiger partial charge in [0.2, 0.25) is 5.60 Å². The first-order valence-electron chi connectivity index (χ1n) is 15.9. The Hall–Kier alpha value is -3.58. The van der Waals surface area contributed by atoms with Crippen LogP contribution in [0.1, 0.15) is 47.1 Å². The highest BCUT2D eigenvalue weighted by Gasteiger charge is 3.06. The molecule has 0 aromatic heterocycles. The lowest BCUT2D eigenvalue weighted by molar-refractivity contribution is -0.284. The van der Waals surface area contributed by atoms with Crippen molar-refractivity contribution in [1.29, 1.82) is 0 Å². The SMILES string of the molecule is CCOC(=O)C#C[C@]1(O)OC2O[C@]34C(=O)O[C@@H]5[C@H](OC(C)=O)[C@@H](C(C)(C)C)[C@@]2([C@H]1OCc1ccccc1)[C@@]53[C@@H](O)[C@@H]1OC(=O)[C@@H](C)[C@@]14O. The summed E-state index contributed by atoms with van der Waals surface area (Å²) in [5, 5.41) is 37.5. The molecule has 2 saturated carbocycles. The van der Waals surface area contributed by atoms with Crippen molar-refractivity contribution in [3.63, 3.8) is 0 Å². The van der Waals surface area contributed by atoms with Crippen molar-refractivity contribution in [3.8, 4) is 11.8 Å². The quantitative estimate of drug-likeness (QED) is 0.166. The molecule has 4 saturated heterocycles. The monoisotopic (exact) mass is 670 g/mol. The molecule has 1 aromatic rings. The van der Waals surface area contributed by atoms with Crippen LogP contribution in [-0.4, -0.2) is 99.6 Å². The molecule has 0 amide bonds. The lowest BCUT2D eigenvalue weighted by Crippen LogP contribution is -2.68. The number of carbonyl (C=O) groups excluding carboxylic acids is 4. The van der Waals surface area contributed by atoms with Gasteiger partial charge in [0, 0.05) is 18.8 Å². The van der Waals surface area contributed by atoms with Crippen LogP contribution in [0.2, 0.25) is 0 Å². The first kappa shape index (κ1) is 32.9. The van der Waals surface area contributed by atoms with Crippen LogP contribution in [0.4, 0.5) is 0 Å². The number of rotatable bonds is 5. The Balaban J connectivity index is 1.54. The number of fused-ring (bicyclic) bond motifs is 1. The van der Waals surface area contributed by atoms with Gasteiger partial charge in [-0.25, -0.2) is 9.59 Å². The average Bonchev–Trinajstić information content (AvgIpc) is 3.70. The van der Waals surface area contributed by atoms with Gasteiger partial charge in [0.25, 0.3) is 5.79 Å². The molecule has 3 N–H and O–H groups in total. The van der Waals surface area contributed by atoms with E-state index in [4.69, 9.17) is 33.2 Å². The molecule has 6 aliphatic rings. The van der Waals surface area contributed by atoms with Gasteiger partial charge in [0.05, 0.1) is 30.0 Å². The van der Waals surface area contributed by atoms with Gasteiger partial charge in [-0.15, -0.1) is 0 Å². The van der Waals surface area contributed by atoms with Crippen molar-refractivity contribution >= 4 is 23.9 Å². The van der Waals surface area contributed by atoms with E-state index in [-0.39, 0.29) is 13.2 Å². The molecule has 14 heteroatoms. The molecule has 258 valence electrons. The number of aliphatic hydroxyl groups excluding tert-OH is 1. The smallest absolute Gasteiger partial charge is 0.384 e. The van der Waals surface area contributed by atoms with Crippen molar-refractivity contribution < 1.29 is 67.7 Å². The molecular weight excluding hydrogens is 632 g/mol. The minimum atomic E-state index is -2.67. The molecule has 0 bridgehead atoms. The number of hydrogen-bond donors (Lipinski definition) is 3. The Labute approximate surface area is 275 Å². The van der Waals surface area contributed by atoms with Crippen LogP contribution in [0.25, 0.3) is 0 Å². The average molecular weight is 671 g/mol. The second-order valence-electron chi connectivity index (χ2n) is 14.5. The van der Waals surface area contributed by atoms with E-state index in [2.05, 4.69) is 11.8 Å². The van der Waals surface area contributed by atoms with Crippen LogP contribution in [0.15, 0.2) is 30.3 Å². The van der Waals surface area contributed by atoms with Crippen LogP contribution in [-0.2, 0) is 58.9 Å². The summed E-state index contributed by atoms with van der Waals surface area (Å²) >= 11 is 0. The highest BCUT2D eigenvalue weighted by Crippen LogP contribution is 2.86. The first-order chi connectivity index (χ1) is 22.5. The number of ether oxygens (including phenoxy) is 7. The van der Waals surface area contributed by atoms with Gasteiger partial charge in [0.15, 0.2) is 24.1 Å². The lowest BCUT2D eigenvalue weighted by atomic mass is 9.50. The van der Waals surface area contributed by atoms with E-state index in [1.807, 2.05) is 20.8 Å². The van der Waals surface area contributed by atoms with Crippen molar-refractivity contribution in [2.24, 2.45) is 28.1 Å². The van der Waals surface area contributed by atoms with Gasteiger partial charge in [-0.05, 0) is 30.7 Å². The summed E-state index contributed by atoms with van der Waals surface area (Å²) < 4.78 is 41.9. The Morgan fingerprint density at radius 2 is 1.73 bits per heavy atom. The third-order valence-electron chi connectivity index (χ3n) is 11.3. The maximum Gasteiger partial charge on any atom is 0.384 e. The van der Waals surface area contributed by atoms with Gasteiger partial charge < -0.3 is 48.5 Å². The third kappa shape index (κ3) is 3.54. The molecule has 13 atom stereocenters. The minimum absolute atomic E-state index is 0.00238. The largest absolute Gasteiger partial charge is 0.458 e. The second-order valence-corrected chi connectivity index (χ2v) is 14.5. The van der Waals surface area contributed by atoms with Gasteiger partial charge >= 0.3 is 23.9 Å². The number of carbonyl (C=O) groups is 4. The van der Waals surface area contributed by atoms with Crippen molar-refractivity contribution in [2.75, 3.05) is 6.61 Å². The lowest BCUT2D eigenvalue weighted by Gasteiger charge is -2.50. The predicted molar refractivity (Wildman–Crippen MR) is 156 cm³/mol. The number of benzene rings is 1. The van der Waals surface area contributed by atoms with Gasteiger partial charge in [-0.3, -0.25) is 9.59 Å². The minimum Gasteiger partial charge on any atom is -0.458 e. The summed E-state index contributed by atoms with van der Waals surface area (Å²) in [5.41, 5.74) is -9.37. The molecule has 2 aliphatic carbocycles. The van der Waals surface area contributed by atoms with Crippen molar-refractivity contribution in [2.45, 2.75) is 102 Å². The Morgan fingerprint density at radius 3 is 2.35 bits per heavy atom. The molecule has 48 heavy (non-hydrogen) atoms. The fourth-order valence-corrected chi connectivity index (χ4v) is 10.1. The summed E-state index contributed by atoms with van der Waals surface area (Å²) in [7, 11) is 0. The zero-order valence-corrected chi connectivity index (χ0v) is 27.3. The first-order valence-corrected chi connectivity index (χ1v) is 15.9. The molecule has 2 spiro atoms. The molecule has 4 heterocycles. The van der Waals surface area contributed by atoms with Gasteiger partial charge in [-0.2, -0.15) is 0 Å². The topological polar surface area (TPSA) is 194 Å². The third-order valence-corrected chi connectivity index (χ3v) is 11.3. The summed E-state index contributed by atoms with van der Waals surface area (Å²) in [6.45, 7) is 9.38. The highest BCUT2D eigenvalue weighted by atomic mass is 16.8. The Bertz CT molecular complexity index is 1640. The molecule has 4 aliphatic heterocycles. The van der Waals surface area contributed by atoms with Gasteiger partial charge in [-0.1, -0.05) is 51.1 Å². The highest BCUT2D eigenvalue weighted by molar-refractivity contribution is 5.93. The standard InChI is InChI=1S/C34H38O14/c1-7-42-19(36)13-14-30(40)26(43-15-18-11-9-8-10-12-18)31-21(29(4,5)6)20(44-17(3)35)23-32(31)22(37)24-33(41,16(2)25(38)45-24)34(32,27(39)46-23)48-28(31)47-30/h8-12,16,20-24,26,28,37,40-41H,7,15H2,1-6H3/t16-,20-,21+,22+,23-,24+,26+,28?,30+,31+,32-,33-,34-/m1/s1. The van der Waals surface area contributed by atoms with Crippen LogP contribution in [0.3, 0.4) is 0 Å². The normalized spacial score (nSPS) is 46.1. The fourth-order valence-electron chi connectivity index (χ4n) is 10.1. The number of hydrogen-bond acceptors (Lipinski definition) is 14. The molecule has 1 unspecified atom stereocenters. The predicted octanol–water partition coefficient (Wildman–Crippen LogP) is 0.125. The molecule has 0 radical (unpaired) electrons. The van der Waals surface area contributed by atoms with E-state index in [9.17, 15) is 34.5 Å². The summed E-state index contributed by atoms with van der Waals surface area (Å²) in [6.07, 6.45) is -9.81. The number of esters is 4. The van der Waals surface area contributed by atoms with E-state index in [0.717, 1.165) is 0 Å². The maximum atomic E-state index is 14.4. The molecule has 1 aromatic carbocycles. The number of aliphatic hydroxyl groups is 3. The van der Waals surface area contributed by atoms with E-state index in [1.165, 1.54) is 13.8 Å². The van der Waals surface area contributed by atoms with E-state index < -0.39 is 106 Å². The van der Waals surface area contributed by atoms with Crippen LogP contribution in [0, 0.1) is 39.9 Å². The van der Waals surface area contributed by atoms with E-state index in [0.29, 0.717) is 5.56 Å². The molecular formula is C34H38O14.